The summed E-state index contributed by atoms with van der Waals surface area (Å²) >= 11 is 1.29. The average molecular weight is 353 g/mol. The van der Waals surface area contributed by atoms with E-state index in [4.69, 9.17) is 5.73 Å². The second-order valence-electron chi connectivity index (χ2n) is 6.12. The minimum Gasteiger partial charge on any atom is -0.369 e. The summed E-state index contributed by atoms with van der Waals surface area (Å²) in [5.74, 6) is -0.208. The van der Waals surface area contributed by atoms with Gasteiger partial charge >= 0.3 is 5.69 Å². The summed E-state index contributed by atoms with van der Waals surface area (Å²) in [5, 5.41) is 0.702. The molecule has 0 bridgehead atoms. The Morgan fingerprint density at radius 2 is 2.00 bits per heavy atom. The monoisotopic (exact) mass is 352 g/mol. The first-order valence-corrected chi connectivity index (χ1v) is 9.81. The third-order valence-corrected chi connectivity index (χ3v) is 5.59. The molecule has 0 radical (unpaired) electrons. The zero-order valence-electron chi connectivity index (χ0n) is 14.7. The smallest absolute Gasteiger partial charge is 0.348 e. The molecule has 1 aliphatic carbocycles. The van der Waals surface area contributed by atoms with Crippen molar-refractivity contribution in [1.82, 2.24) is 14.5 Å². The number of amides is 1. The number of primary amides is 1. The van der Waals surface area contributed by atoms with Gasteiger partial charge < -0.3 is 10.6 Å². The van der Waals surface area contributed by atoms with E-state index in [0.29, 0.717) is 11.6 Å². The van der Waals surface area contributed by atoms with Crippen molar-refractivity contribution in [2.24, 2.45) is 5.73 Å². The third kappa shape index (κ3) is 4.83. The van der Waals surface area contributed by atoms with Crippen molar-refractivity contribution in [2.45, 2.75) is 57.5 Å². The van der Waals surface area contributed by atoms with E-state index in [9.17, 15) is 9.59 Å². The molecule has 0 fully saturated rings. The highest BCUT2D eigenvalue weighted by Crippen LogP contribution is 2.28. The van der Waals surface area contributed by atoms with Gasteiger partial charge in [-0.2, -0.15) is 4.98 Å². The fraction of sp³-hybridized carbons (Fsp3) is 0.706. The van der Waals surface area contributed by atoms with Crippen LogP contribution in [0.3, 0.4) is 0 Å². The van der Waals surface area contributed by atoms with Crippen molar-refractivity contribution in [3.8, 4) is 0 Å². The summed E-state index contributed by atoms with van der Waals surface area (Å²) < 4.78 is 1.85. The molecular weight excluding hydrogens is 324 g/mol. The summed E-state index contributed by atoms with van der Waals surface area (Å²) in [4.78, 5) is 30.1. The number of carbonyl (C=O) groups is 1. The van der Waals surface area contributed by atoms with Crippen LogP contribution in [0.25, 0.3) is 0 Å². The predicted molar refractivity (Wildman–Crippen MR) is 97.5 cm³/mol. The Morgan fingerprint density at radius 3 is 2.67 bits per heavy atom. The van der Waals surface area contributed by atoms with Crippen LogP contribution in [-0.4, -0.2) is 45.7 Å². The molecule has 0 aliphatic heterocycles. The minimum atomic E-state index is -0.380. The first kappa shape index (κ1) is 19.0. The number of rotatable bonds is 9. The Morgan fingerprint density at radius 1 is 1.29 bits per heavy atom. The molecule has 7 heteroatoms. The van der Waals surface area contributed by atoms with Crippen molar-refractivity contribution >= 4 is 17.7 Å². The number of nitrogens with zero attached hydrogens (tertiary/aromatic N) is 3. The van der Waals surface area contributed by atoms with Crippen LogP contribution in [0.1, 0.15) is 44.4 Å². The highest BCUT2D eigenvalue weighted by Gasteiger charge is 2.20. The zero-order valence-corrected chi connectivity index (χ0v) is 15.5. The van der Waals surface area contributed by atoms with Gasteiger partial charge in [-0.15, -0.1) is 0 Å². The first-order valence-electron chi connectivity index (χ1n) is 8.82. The molecule has 1 aliphatic rings. The van der Waals surface area contributed by atoms with Crippen LogP contribution >= 0.6 is 11.8 Å². The standard InChI is InChI=1S/C17H28N4O2S/c1-3-20(4-2)10-7-11-21-14-9-6-5-8-13(14)16(19-17(21)23)24-12-15(18)22/h3-12H2,1-2H3,(H2,18,22). The summed E-state index contributed by atoms with van der Waals surface area (Å²) in [6.45, 7) is 8.08. The zero-order chi connectivity index (χ0) is 17.5. The molecule has 134 valence electrons. The van der Waals surface area contributed by atoms with E-state index < -0.39 is 0 Å². The molecule has 2 rings (SSSR count). The lowest BCUT2D eigenvalue weighted by molar-refractivity contribution is -0.115. The van der Waals surface area contributed by atoms with Gasteiger partial charge in [-0.3, -0.25) is 9.36 Å². The number of thioether (sulfide) groups is 1. The quantitative estimate of drug-likeness (QED) is 0.537. The van der Waals surface area contributed by atoms with E-state index in [1.165, 1.54) is 11.8 Å². The SMILES string of the molecule is CCN(CC)CCCn1c2c(c(SCC(N)=O)nc1=O)CCCC2. The molecule has 1 heterocycles. The number of fused-ring (bicyclic) bond motifs is 1. The van der Waals surface area contributed by atoms with Crippen LogP contribution in [0, 0.1) is 0 Å². The first-order chi connectivity index (χ1) is 11.6. The third-order valence-electron chi connectivity index (χ3n) is 4.55. The molecule has 2 N–H and O–H groups in total. The van der Waals surface area contributed by atoms with Crippen LogP contribution in [0.5, 0.6) is 0 Å². The van der Waals surface area contributed by atoms with Gasteiger partial charge in [0.1, 0.15) is 5.03 Å². The highest BCUT2D eigenvalue weighted by molar-refractivity contribution is 7.99. The summed E-state index contributed by atoms with van der Waals surface area (Å²) in [7, 11) is 0. The molecule has 0 aromatic carbocycles. The van der Waals surface area contributed by atoms with Gasteiger partial charge in [-0.1, -0.05) is 25.6 Å². The van der Waals surface area contributed by atoms with E-state index in [0.717, 1.165) is 63.0 Å². The molecule has 0 unspecified atom stereocenters. The van der Waals surface area contributed by atoms with Gasteiger partial charge in [0.25, 0.3) is 0 Å². The summed E-state index contributed by atoms with van der Waals surface area (Å²) in [6, 6.07) is 0. The van der Waals surface area contributed by atoms with E-state index in [1.807, 2.05) is 4.57 Å². The van der Waals surface area contributed by atoms with E-state index in [2.05, 4.69) is 23.7 Å². The minimum absolute atomic E-state index is 0.171. The van der Waals surface area contributed by atoms with Crippen LogP contribution in [0.4, 0.5) is 0 Å². The van der Waals surface area contributed by atoms with Crippen molar-refractivity contribution in [1.29, 1.82) is 0 Å². The lowest BCUT2D eigenvalue weighted by Crippen LogP contribution is -2.32. The lowest BCUT2D eigenvalue weighted by Gasteiger charge is -2.23. The second kappa shape index (κ2) is 9.22. The van der Waals surface area contributed by atoms with E-state index in [-0.39, 0.29) is 17.3 Å². The Labute approximate surface area is 147 Å². The number of carbonyl (C=O) groups excluding carboxylic acids is 1. The summed E-state index contributed by atoms with van der Waals surface area (Å²) in [6.07, 6.45) is 5.01. The molecule has 0 spiro atoms. The van der Waals surface area contributed by atoms with Gasteiger partial charge in [0.05, 0.1) is 5.75 Å². The van der Waals surface area contributed by atoms with E-state index in [1.54, 1.807) is 0 Å². The van der Waals surface area contributed by atoms with Gasteiger partial charge in [-0.25, -0.2) is 4.79 Å². The maximum Gasteiger partial charge on any atom is 0.348 e. The van der Waals surface area contributed by atoms with Gasteiger partial charge in [0.15, 0.2) is 0 Å². The fourth-order valence-electron chi connectivity index (χ4n) is 3.23. The molecule has 24 heavy (non-hydrogen) atoms. The molecule has 1 amide bonds. The highest BCUT2D eigenvalue weighted by atomic mass is 32.2. The lowest BCUT2D eigenvalue weighted by atomic mass is 9.97. The topological polar surface area (TPSA) is 81.2 Å². The second-order valence-corrected chi connectivity index (χ2v) is 7.08. The van der Waals surface area contributed by atoms with Crippen molar-refractivity contribution in [3.63, 3.8) is 0 Å². The van der Waals surface area contributed by atoms with Crippen LogP contribution in [0.15, 0.2) is 9.82 Å². The number of aromatic nitrogens is 2. The molecule has 0 saturated carbocycles. The molecule has 1 aromatic rings. The van der Waals surface area contributed by atoms with Crippen LogP contribution in [0.2, 0.25) is 0 Å². The van der Waals surface area contributed by atoms with Crippen molar-refractivity contribution in [2.75, 3.05) is 25.4 Å². The maximum absolute atomic E-state index is 12.5. The molecule has 0 atom stereocenters. The van der Waals surface area contributed by atoms with Gasteiger partial charge in [-0.05, 0) is 51.7 Å². The summed E-state index contributed by atoms with van der Waals surface area (Å²) in [5.41, 5.74) is 7.30. The fourth-order valence-corrected chi connectivity index (χ4v) is 4.05. The number of nitrogens with two attached hydrogens (primary N) is 1. The van der Waals surface area contributed by atoms with Gasteiger partial charge in [0.2, 0.25) is 5.91 Å². The largest absolute Gasteiger partial charge is 0.369 e. The normalized spacial score (nSPS) is 14.0. The molecule has 1 aromatic heterocycles. The van der Waals surface area contributed by atoms with E-state index >= 15 is 0 Å². The molecule has 0 saturated heterocycles. The molecular formula is C17H28N4O2S. The average Bonchev–Trinajstić information content (AvgIpc) is 2.58. The predicted octanol–water partition coefficient (Wildman–Crippen LogP) is 1.43. The van der Waals surface area contributed by atoms with Crippen LogP contribution < -0.4 is 11.4 Å². The Bertz CT molecular complexity index is 626. The maximum atomic E-state index is 12.5. The Balaban J connectivity index is 2.19. The van der Waals surface area contributed by atoms with Crippen LogP contribution in [-0.2, 0) is 24.2 Å². The Kier molecular flexibility index (Phi) is 7.30. The molecule has 6 nitrogen and oxygen atoms in total. The van der Waals surface area contributed by atoms with Crippen molar-refractivity contribution in [3.05, 3.63) is 21.7 Å². The number of hydrogen-bond acceptors (Lipinski definition) is 5. The number of hydrogen-bond donors (Lipinski definition) is 1. The van der Waals surface area contributed by atoms with Crippen molar-refractivity contribution < 1.29 is 4.79 Å². The Hall–Kier alpha value is -1.34. The van der Waals surface area contributed by atoms with Gasteiger partial charge in [0, 0.05) is 17.8 Å².